The number of halogens is 1. The molecule has 1 aromatic rings. The monoisotopic (exact) mass is 300 g/mol. The minimum Gasteiger partial charge on any atom is -0.378 e. The molecule has 4 nitrogen and oxygen atoms in total. The maximum Gasteiger partial charge on any atom is 0.106 e. The van der Waals surface area contributed by atoms with Crippen molar-refractivity contribution in [1.82, 2.24) is 10.3 Å². The fourth-order valence-corrected chi connectivity index (χ4v) is 2.13. The summed E-state index contributed by atoms with van der Waals surface area (Å²) in [6.45, 7) is 3.00. The van der Waals surface area contributed by atoms with Crippen LogP contribution in [0.25, 0.3) is 0 Å². The maximum atomic E-state index is 5.54. The number of pyridine rings is 1. The van der Waals surface area contributed by atoms with Crippen molar-refractivity contribution in [2.75, 3.05) is 26.9 Å². The third-order valence-electron chi connectivity index (χ3n) is 3.04. The van der Waals surface area contributed by atoms with E-state index in [1.165, 1.54) is 0 Å². The van der Waals surface area contributed by atoms with E-state index < -0.39 is 0 Å². The van der Waals surface area contributed by atoms with E-state index in [-0.39, 0.29) is 5.60 Å². The lowest BCUT2D eigenvalue weighted by atomic mass is 10.0. The molecular weight excluding hydrogens is 284 g/mol. The van der Waals surface area contributed by atoms with Crippen molar-refractivity contribution in [3.05, 3.63) is 28.5 Å². The SMILES string of the molecule is COC1(CNCc2ccc(Br)cn2)CCOC1. The van der Waals surface area contributed by atoms with Gasteiger partial charge in [0.25, 0.3) is 0 Å². The Kier molecular flexibility index (Phi) is 4.50. The third kappa shape index (κ3) is 3.48. The van der Waals surface area contributed by atoms with Crippen LogP contribution in [0, 0.1) is 0 Å². The van der Waals surface area contributed by atoms with Gasteiger partial charge in [0.1, 0.15) is 5.60 Å². The first-order valence-corrected chi connectivity index (χ1v) is 6.47. The Bertz CT molecular complexity index is 350. The van der Waals surface area contributed by atoms with E-state index in [1.807, 2.05) is 18.3 Å². The van der Waals surface area contributed by atoms with E-state index in [2.05, 4.69) is 26.2 Å². The maximum absolute atomic E-state index is 5.54. The molecule has 1 unspecified atom stereocenters. The van der Waals surface area contributed by atoms with E-state index in [1.54, 1.807) is 7.11 Å². The van der Waals surface area contributed by atoms with Crippen molar-refractivity contribution in [2.45, 2.75) is 18.6 Å². The summed E-state index contributed by atoms with van der Waals surface area (Å²) in [7, 11) is 1.74. The number of aromatic nitrogens is 1. The van der Waals surface area contributed by atoms with Gasteiger partial charge in [-0.1, -0.05) is 0 Å². The minimum absolute atomic E-state index is 0.157. The summed E-state index contributed by atoms with van der Waals surface area (Å²) in [6, 6.07) is 4.00. The van der Waals surface area contributed by atoms with Gasteiger partial charge in [0.15, 0.2) is 0 Å². The van der Waals surface area contributed by atoms with Gasteiger partial charge in [0.2, 0.25) is 0 Å². The topological polar surface area (TPSA) is 43.4 Å². The van der Waals surface area contributed by atoms with Crippen LogP contribution >= 0.6 is 15.9 Å². The van der Waals surface area contributed by atoms with E-state index in [9.17, 15) is 0 Å². The van der Waals surface area contributed by atoms with E-state index in [4.69, 9.17) is 9.47 Å². The van der Waals surface area contributed by atoms with Crippen molar-refractivity contribution in [3.8, 4) is 0 Å². The predicted octanol–water partition coefficient (Wildman–Crippen LogP) is 1.74. The zero-order chi connectivity index (χ0) is 12.1. The largest absolute Gasteiger partial charge is 0.378 e. The molecule has 0 radical (unpaired) electrons. The number of methoxy groups -OCH3 is 1. The zero-order valence-electron chi connectivity index (χ0n) is 9.91. The summed E-state index contributed by atoms with van der Waals surface area (Å²) in [4.78, 5) is 4.31. The summed E-state index contributed by atoms with van der Waals surface area (Å²) in [6.07, 6.45) is 2.76. The van der Waals surface area contributed by atoms with Crippen LogP contribution in [-0.2, 0) is 16.0 Å². The molecule has 17 heavy (non-hydrogen) atoms. The molecule has 2 rings (SSSR count). The smallest absolute Gasteiger partial charge is 0.106 e. The molecule has 0 bridgehead atoms. The lowest BCUT2D eigenvalue weighted by Gasteiger charge is -2.25. The van der Waals surface area contributed by atoms with Crippen molar-refractivity contribution in [2.24, 2.45) is 0 Å². The van der Waals surface area contributed by atoms with E-state index in [0.717, 1.165) is 36.3 Å². The van der Waals surface area contributed by atoms with Gasteiger partial charge in [-0.15, -0.1) is 0 Å². The standard InChI is InChI=1S/C12H17BrN2O2/c1-16-12(4-5-17-9-12)8-14-7-11-3-2-10(13)6-15-11/h2-3,6,14H,4-5,7-9H2,1H3. The quantitative estimate of drug-likeness (QED) is 0.899. The number of ether oxygens (including phenoxy) is 2. The van der Waals surface area contributed by atoms with Gasteiger partial charge in [0, 0.05) is 43.9 Å². The summed E-state index contributed by atoms with van der Waals surface area (Å²) >= 11 is 3.37. The highest BCUT2D eigenvalue weighted by molar-refractivity contribution is 9.10. The summed E-state index contributed by atoms with van der Waals surface area (Å²) in [5, 5.41) is 3.37. The van der Waals surface area contributed by atoms with Crippen molar-refractivity contribution < 1.29 is 9.47 Å². The predicted molar refractivity (Wildman–Crippen MR) is 68.8 cm³/mol. The number of rotatable bonds is 5. The first-order chi connectivity index (χ1) is 8.24. The molecule has 1 N–H and O–H groups in total. The second-order valence-electron chi connectivity index (χ2n) is 4.26. The van der Waals surface area contributed by atoms with E-state index in [0.29, 0.717) is 6.61 Å². The molecule has 1 aliphatic rings. The minimum atomic E-state index is -0.157. The molecule has 0 spiro atoms. The molecule has 2 heterocycles. The fraction of sp³-hybridized carbons (Fsp3) is 0.583. The highest BCUT2D eigenvalue weighted by Gasteiger charge is 2.34. The average Bonchev–Trinajstić information content (AvgIpc) is 2.81. The normalized spacial score (nSPS) is 24.1. The molecule has 0 aromatic carbocycles. The number of hydrogen-bond acceptors (Lipinski definition) is 4. The van der Waals surface area contributed by atoms with Gasteiger partial charge in [-0.25, -0.2) is 0 Å². The molecule has 0 saturated carbocycles. The zero-order valence-corrected chi connectivity index (χ0v) is 11.5. The van der Waals surface area contributed by atoms with Gasteiger partial charge in [-0.2, -0.15) is 0 Å². The first-order valence-electron chi connectivity index (χ1n) is 5.68. The van der Waals surface area contributed by atoms with Gasteiger partial charge < -0.3 is 14.8 Å². The Balaban J connectivity index is 1.80. The highest BCUT2D eigenvalue weighted by Crippen LogP contribution is 2.21. The van der Waals surface area contributed by atoms with Crippen molar-refractivity contribution in [3.63, 3.8) is 0 Å². The summed E-state index contributed by atoms with van der Waals surface area (Å²) in [5.74, 6) is 0. The molecule has 1 aromatic heterocycles. The van der Waals surface area contributed by atoms with Crippen molar-refractivity contribution in [1.29, 1.82) is 0 Å². The molecule has 1 saturated heterocycles. The fourth-order valence-electron chi connectivity index (χ4n) is 1.89. The number of nitrogens with one attached hydrogen (secondary N) is 1. The van der Waals surface area contributed by atoms with Crippen LogP contribution in [0.5, 0.6) is 0 Å². The van der Waals surface area contributed by atoms with Gasteiger partial charge in [0.05, 0.1) is 12.3 Å². The van der Waals surface area contributed by atoms with Crippen LogP contribution in [-0.4, -0.2) is 37.5 Å². The van der Waals surface area contributed by atoms with Crippen LogP contribution in [0.15, 0.2) is 22.8 Å². The van der Waals surface area contributed by atoms with Gasteiger partial charge in [-0.3, -0.25) is 4.98 Å². The van der Waals surface area contributed by atoms with Crippen molar-refractivity contribution >= 4 is 15.9 Å². The number of nitrogens with zero attached hydrogens (tertiary/aromatic N) is 1. The number of hydrogen-bond donors (Lipinski definition) is 1. The molecule has 5 heteroatoms. The molecule has 94 valence electrons. The molecule has 1 fully saturated rings. The second-order valence-corrected chi connectivity index (χ2v) is 5.18. The highest BCUT2D eigenvalue weighted by atomic mass is 79.9. The molecule has 1 aliphatic heterocycles. The van der Waals surface area contributed by atoms with Gasteiger partial charge >= 0.3 is 0 Å². The summed E-state index contributed by atoms with van der Waals surface area (Å²) < 4.78 is 11.9. The van der Waals surface area contributed by atoms with Crippen LogP contribution in [0.4, 0.5) is 0 Å². The van der Waals surface area contributed by atoms with Crippen LogP contribution < -0.4 is 5.32 Å². The summed E-state index contributed by atoms with van der Waals surface area (Å²) in [5.41, 5.74) is 0.869. The lowest BCUT2D eigenvalue weighted by molar-refractivity contribution is -0.0159. The molecular formula is C12H17BrN2O2. The Morgan fingerprint density at radius 1 is 1.59 bits per heavy atom. The Morgan fingerprint density at radius 3 is 3.06 bits per heavy atom. The van der Waals surface area contributed by atoms with Crippen LogP contribution in [0.3, 0.4) is 0 Å². The van der Waals surface area contributed by atoms with Crippen LogP contribution in [0.1, 0.15) is 12.1 Å². The molecule has 1 atom stereocenters. The first kappa shape index (κ1) is 13.0. The van der Waals surface area contributed by atoms with E-state index >= 15 is 0 Å². The van der Waals surface area contributed by atoms with Crippen LogP contribution in [0.2, 0.25) is 0 Å². The van der Waals surface area contributed by atoms with Gasteiger partial charge in [-0.05, 0) is 28.1 Å². The lowest BCUT2D eigenvalue weighted by Crippen LogP contribution is -2.42. The third-order valence-corrected chi connectivity index (χ3v) is 3.51. The second kappa shape index (κ2) is 5.91. The Hall–Kier alpha value is -0.490. The Morgan fingerprint density at radius 2 is 2.47 bits per heavy atom. The Labute approximate surface area is 110 Å². The molecule has 0 aliphatic carbocycles. The average molecular weight is 301 g/mol. The molecule has 0 amide bonds.